The van der Waals surface area contributed by atoms with Gasteiger partial charge in [-0.3, -0.25) is 9.80 Å². The van der Waals surface area contributed by atoms with E-state index >= 15 is 8.78 Å². The van der Waals surface area contributed by atoms with E-state index in [2.05, 4.69) is 85.2 Å². The van der Waals surface area contributed by atoms with Crippen molar-refractivity contribution in [2.45, 2.75) is 170 Å². The Labute approximate surface area is 881 Å². The highest BCUT2D eigenvalue weighted by molar-refractivity contribution is 7.91. The Kier molecular flexibility index (Phi) is 22.1. The van der Waals surface area contributed by atoms with E-state index in [1.54, 1.807) is 139 Å². The number of carbonyl (C=O) groups excluding carboxylic acids is 2. The average Bonchev–Trinajstić information content (AvgIpc) is 1.58. The summed E-state index contributed by atoms with van der Waals surface area (Å²) < 4.78 is 323. The molecule has 45 heteroatoms. The maximum Gasteiger partial charge on any atom is 0.414 e. The fourth-order valence-electron chi connectivity index (χ4n) is 18.3. The van der Waals surface area contributed by atoms with Crippen molar-refractivity contribution in [2.24, 2.45) is 52.7 Å². The van der Waals surface area contributed by atoms with Crippen molar-refractivity contribution >= 4 is 126 Å². The Morgan fingerprint density at radius 3 is 1.24 bits per heavy atom. The number of H-pyrrole nitrogens is 3. The summed E-state index contributed by atoms with van der Waals surface area (Å²) in [4.78, 5) is 93.4. The smallest absolute Gasteiger partial charge is 0.414 e. The van der Waals surface area contributed by atoms with Gasteiger partial charge in [0.05, 0.1) is 113 Å². The fraction of sp³-hybridized carbons (Fsp3) is 0.429. The van der Waals surface area contributed by atoms with E-state index in [-0.39, 0.29) is 82.1 Å². The first-order valence-electron chi connectivity index (χ1n) is 65.4. The lowest BCUT2D eigenvalue weighted by atomic mass is 9.72. The molecule has 5 aromatic carbocycles. The van der Waals surface area contributed by atoms with Crippen molar-refractivity contribution in [1.29, 1.82) is 0 Å². The summed E-state index contributed by atoms with van der Waals surface area (Å²) in [5.74, 6) is 4.48. The van der Waals surface area contributed by atoms with Crippen LogP contribution in [-0.2, 0) is 57.5 Å². The molecule has 2 amide bonds. The van der Waals surface area contributed by atoms with Gasteiger partial charge in [-0.25, -0.2) is 79.5 Å². The Morgan fingerprint density at radius 2 is 0.867 bits per heavy atom. The van der Waals surface area contributed by atoms with Crippen molar-refractivity contribution in [2.75, 3.05) is 99.5 Å². The van der Waals surface area contributed by atoms with Crippen LogP contribution in [-0.4, -0.2) is 228 Å². The molecule has 3 saturated heterocycles. The number of nitrogens with two attached hydrogens (primary N) is 3. The fourth-order valence-corrected chi connectivity index (χ4v) is 21.1. The van der Waals surface area contributed by atoms with Gasteiger partial charge in [-0.2, -0.15) is 19.9 Å². The number of anilines is 5. The third-order valence-electron chi connectivity index (χ3n) is 25.6. The SMILES string of the molecule is CC(C)(O)c1ncc(O)cn1.CN(C(=O)OC(C)(C)C)c1cc(F)cc2c1[nH]c1nc(Oc3cnc(C(C)(C)O)nc3)nc(N3C[C@H]4C[C@@H](N)[C@H]4C3)c12.CNc1cc(F)cc2c1[nH]c1nc(Oc3cnc(C(C)(C)O)nc3)nc(N3C[C@H]4C[C@@H](N)[C@H]4C3)c12.COc1ccc(CS(=O)(=O)c2nc(S(=O)(=O)Cc3ccc(OC)cc3)c3c(n2)[nH]c2c(N(C)C(=O)OC(C)(C)C)cc(F)cc23)cc1.N[C@@H]1C[C@@H]2CNC[C@@H]21.[2HH].[2H][2H].[2H][2H].[2H][2H].[2H][2H].[2H][2H].[2H][2H].[2H][2H].[2H][2H].[2H][2H].[2H][2H].[2H][2H].[2H][2H].[2H][2H].[2H][2H].[2H][2H].[2H][2H].[2H][2H].[2H][2H].[2H][2H]. The average molecular weight is 2090 g/mol. The van der Waals surface area contributed by atoms with Crippen LogP contribution in [0.3, 0.4) is 0 Å². The number of ether oxygens (including phenoxy) is 6. The minimum atomic E-state index is -4.39. The molecule has 15 N–H and O–H groups in total. The van der Waals surface area contributed by atoms with Crippen LogP contribution in [0.2, 0.25) is 0 Å². The molecule has 3 saturated carbocycles. The monoisotopic (exact) mass is 2090 g/mol. The van der Waals surface area contributed by atoms with Crippen molar-refractivity contribution in [1.82, 2.24) is 80.1 Å². The number of sulfone groups is 2. The number of rotatable bonds is 20. The zero-order valence-electron chi connectivity index (χ0n) is 120. The van der Waals surface area contributed by atoms with Gasteiger partial charge in [-0.15, -0.1) is 0 Å². The number of fused-ring (bicyclic) bond motifs is 12. The van der Waals surface area contributed by atoms with Crippen LogP contribution < -0.4 is 66.4 Å². The second-order valence-electron chi connectivity index (χ2n) is 40.2. The second-order valence-corrected chi connectivity index (χ2v) is 44.0. The van der Waals surface area contributed by atoms with E-state index in [0.717, 1.165) is 72.2 Å². The van der Waals surface area contributed by atoms with Gasteiger partial charge < -0.3 is 101 Å². The van der Waals surface area contributed by atoms with Gasteiger partial charge >= 0.3 is 24.2 Å². The van der Waals surface area contributed by atoms with Gasteiger partial charge in [0.25, 0.3) is 5.16 Å². The molecule has 0 spiro atoms. The number of carbonyl (C=O) groups is 2. The topological polar surface area (TPSA) is 556 Å². The molecule has 3 aliphatic heterocycles. The Balaban J connectivity index is -0.000000712. The van der Waals surface area contributed by atoms with Crippen molar-refractivity contribution in [3.8, 4) is 40.8 Å². The summed E-state index contributed by atoms with van der Waals surface area (Å²) in [5, 5.41) is 46.0. The van der Waals surface area contributed by atoms with Crippen molar-refractivity contribution < 1.29 is 146 Å². The number of aromatic amines is 3. The predicted molar refractivity (Wildman–Crippen MR) is 573 cm³/mol. The number of benzene rings is 5. The molecule has 14 aromatic rings. The van der Waals surface area contributed by atoms with Gasteiger partial charge in [0.1, 0.15) is 85.5 Å². The molecule has 6 fully saturated rings. The Morgan fingerprint density at radius 1 is 0.490 bits per heavy atom. The van der Waals surface area contributed by atoms with Crippen LogP contribution in [0.15, 0.2) is 132 Å². The number of hydrogen-bond acceptors (Lipinski definition) is 35. The van der Waals surface area contributed by atoms with Crippen LogP contribution in [0, 0.1) is 53.0 Å². The Bertz CT molecular complexity index is 7490. The van der Waals surface area contributed by atoms with Crippen LogP contribution in [0.25, 0.3) is 65.8 Å². The molecular formula is C98H157F3N24O16S2. The molecule has 9 aromatic heterocycles. The normalized spacial score (nSPS) is 20.3. The zero-order valence-corrected chi connectivity index (χ0v) is 83.7. The summed E-state index contributed by atoms with van der Waals surface area (Å²) in [6, 6.07) is 21.4. The summed E-state index contributed by atoms with van der Waals surface area (Å²) in [7, 11) is -1.11. The third kappa shape index (κ3) is 22.4. The first kappa shape index (κ1) is 79.8. The van der Waals surface area contributed by atoms with Gasteiger partial charge in [0.15, 0.2) is 39.7 Å². The predicted octanol–water partition coefficient (Wildman–Crippen LogP) is 17.6. The molecule has 20 rings (SSSR count). The highest BCUT2D eigenvalue weighted by Gasteiger charge is 2.49. The van der Waals surface area contributed by atoms with E-state index in [0.29, 0.717) is 126 Å². The van der Waals surface area contributed by atoms with Crippen LogP contribution in [0.4, 0.5) is 51.5 Å². The number of nitrogens with zero attached hydrogens (tertiary/aromatic N) is 16. The maximum absolute atomic E-state index is 15.2. The zero-order chi connectivity index (χ0) is 141. The van der Waals surface area contributed by atoms with E-state index in [1.165, 1.54) is 114 Å². The highest BCUT2D eigenvalue weighted by Crippen LogP contribution is 2.49. The summed E-state index contributed by atoms with van der Waals surface area (Å²) in [6.45, 7) is 25.3. The number of halogens is 3. The largest absolute Gasteiger partial charge is 0.505 e. The number of aromatic hydroxyl groups is 1. The molecule has 143 heavy (non-hydrogen) atoms. The van der Waals surface area contributed by atoms with E-state index < -0.39 is 93.2 Å². The number of aromatic nitrogens is 15. The standard InChI is InChI=1S/C32H33FN4O8S2.C29H35FN8O4.C24H27FN8O2.C7H10N2O2.C6H12N2.20H2/c1-32(2,3)45-31(38)37(4)25-16-21(33)15-24-26-28(34-27(24)25)35-30(47(41,42)18-20-9-13-23(44-6)14-10-20)36-29(26)46(39,40)17-19-7-11-22(43-5)12-8-19;1-28(2,3)42-27(39)37(6)20-9-15(30)8-17-21-23(34-22(17)20)35-26(41-16-10-32-25(33-11-16)29(4,5)40)36-24(21)38-12-14-7-19(31)18(14)13-38;1-24(2,34)22-28-7-13(8-29-22)35-23-31-20-18(14-5-12(25)6-17(27-3)19(14)30-20)21(32-23)33-9-11-4-16(26)15(11)10-33;1-7(2,11)6-8-3-5(10)4-9-6;7-6-1-4-2-8-3-5(4)6;;;;;;;;;;;;;;;;;;;;/h7-16H,17-18H2,1-6H3,(H,34,35,36);8-11,14,18-19,40H,7,12-13,31H2,1-6H3,(H,34,35,36);5-8,11,15-16,27,34H,4,9-10,26H2,1-3H3,(H,30,31,32);3-4,10-11H,1-2H3;4-6,8H,1-3,7H2;20*1H/t;14-,18+,19-;11-,15+,16-;;4-,5+,6-;;;;;;;;;;;;;;;;;;;;/m.11.1..................../s1/i;;;;;19*1+1D;1+1. The summed E-state index contributed by atoms with van der Waals surface area (Å²) >= 11 is 0. The van der Waals surface area contributed by atoms with Gasteiger partial charge in [0.2, 0.25) is 19.7 Å². The first-order chi connectivity index (χ1) is 86.3. The minimum Gasteiger partial charge on any atom is -0.505 e. The van der Waals surface area contributed by atoms with E-state index in [9.17, 15) is 46.1 Å². The highest BCUT2D eigenvalue weighted by atomic mass is 32.2. The van der Waals surface area contributed by atoms with Crippen LogP contribution >= 0.6 is 0 Å². The van der Waals surface area contributed by atoms with E-state index in [1.807, 2.05) is 0 Å². The lowest BCUT2D eigenvalue weighted by molar-refractivity contribution is 0.0579. The summed E-state index contributed by atoms with van der Waals surface area (Å²) in [6.07, 6.45) is 10.1. The van der Waals surface area contributed by atoms with Crippen molar-refractivity contribution in [3.05, 3.63) is 168 Å². The van der Waals surface area contributed by atoms with Gasteiger partial charge in [-0.1, -0.05) is 24.3 Å². The minimum absolute atomic E-state index is 0. The van der Waals surface area contributed by atoms with Gasteiger partial charge in [-0.05, 0) is 223 Å². The molecular weight excluding hydrogens is 1890 g/mol. The molecule has 0 radical (unpaired) electrons. The molecule has 40 nitrogen and oxygen atoms in total. The number of methoxy groups -OCH3 is 2. The van der Waals surface area contributed by atoms with E-state index in [4.69, 9.17) is 117 Å². The molecule has 3 aliphatic carbocycles. The second kappa shape index (κ2) is 39.6. The van der Waals surface area contributed by atoms with Crippen LogP contribution in [0.5, 0.6) is 40.8 Å². The molecule has 0 bridgehead atoms. The maximum atomic E-state index is 15.2. The molecule has 798 valence electrons. The third-order valence-corrected chi connectivity index (χ3v) is 28.7. The Hall–Kier alpha value is -13.7. The lowest BCUT2D eigenvalue weighted by Gasteiger charge is -2.36. The quantitative estimate of drug-likeness (QED) is 0.0249. The number of nitrogens with one attached hydrogen (secondary N) is 5. The summed E-state index contributed by atoms with van der Waals surface area (Å²) in [5.41, 5.74) is 17.1. The van der Waals surface area contributed by atoms with Crippen LogP contribution in [0.1, 0.15) is 189 Å². The molecule has 9 atom stereocenters. The first-order valence-corrected chi connectivity index (χ1v) is 49.7. The molecule has 6 aliphatic rings. The number of amides is 2. The lowest BCUT2D eigenvalue weighted by Crippen LogP contribution is -2.46. The number of hydrogen-bond donors (Lipinski definition) is 12. The van der Waals surface area contributed by atoms with Crippen molar-refractivity contribution in [3.63, 3.8) is 0 Å². The molecule has 0 unspecified atom stereocenters. The molecule has 12 heterocycles. The number of aliphatic hydroxyl groups is 3. The van der Waals surface area contributed by atoms with Gasteiger partial charge in [0, 0.05) is 139 Å².